The third-order valence-electron chi connectivity index (χ3n) is 3.79. The van der Waals surface area contributed by atoms with E-state index in [1.54, 1.807) is 7.11 Å². The van der Waals surface area contributed by atoms with Gasteiger partial charge in [-0.3, -0.25) is 4.79 Å². The van der Waals surface area contributed by atoms with E-state index < -0.39 is 5.41 Å². The lowest BCUT2D eigenvalue weighted by Crippen LogP contribution is -2.46. The lowest BCUT2D eigenvalue weighted by atomic mass is 9.75. The summed E-state index contributed by atoms with van der Waals surface area (Å²) in [7, 11) is 1.64. The van der Waals surface area contributed by atoms with Gasteiger partial charge in [0.25, 0.3) is 0 Å². The first-order chi connectivity index (χ1) is 7.77. The van der Waals surface area contributed by atoms with Gasteiger partial charge < -0.3 is 10.1 Å². The SMILES string of the molecule is COCC(C)(C)C(=O)NC1CCC(C)(C)CC1. The molecule has 1 amide bonds. The van der Waals surface area contributed by atoms with Gasteiger partial charge in [0.05, 0.1) is 12.0 Å². The molecule has 0 aromatic carbocycles. The summed E-state index contributed by atoms with van der Waals surface area (Å²) in [5, 5.41) is 3.16. The first-order valence-electron chi connectivity index (χ1n) is 6.57. The van der Waals surface area contributed by atoms with Crippen LogP contribution in [0.15, 0.2) is 0 Å². The quantitative estimate of drug-likeness (QED) is 0.822. The summed E-state index contributed by atoms with van der Waals surface area (Å²) < 4.78 is 5.09. The van der Waals surface area contributed by atoms with Gasteiger partial charge in [-0.25, -0.2) is 0 Å². The second-order valence-electron chi connectivity index (χ2n) is 6.73. The van der Waals surface area contributed by atoms with Crippen molar-refractivity contribution < 1.29 is 9.53 Å². The molecule has 0 saturated heterocycles. The van der Waals surface area contributed by atoms with Crippen LogP contribution in [0.2, 0.25) is 0 Å². The normalized spacial score (nSPS) is 21.2. The van der Waals surface area contributed by atoms with Crippen LogP contribution in [0.5, 0.6) is 0 Å². The Morgan fingerprint density at radius 1 is 1.35 bits per heavy atom. The topological polar surface area (TPSA) is 38.3 Å². The molecule has 1 rings (SSSR count). The lowest BCUT2D eigenvalue weighted by Gasteiger charge is -2.36. The number of nitrogens with one attached hydrogen (secondary N) is 1. The fraction of sp³-hybridized carbons (Fsp3) is 0.929. The zero-order valence-electron chi connectivity index (χ0n) is 11.9. The molecular formula is C14H27NO2. The van der Waals surface area contributed by atoms with Gasteiger partial charge in [-0.1, -0.05) is 13.8 Å². The van der Waals surface area contributed by atoms with E-state index >= 15 is 0 Å². The van der Waals surface area contributed by atoms with Crippen LogP contribution in [0, 0.1) is 10.8 Å². The Hall–Kier alpha value is -0.570. The monoisotopic (exact) mass is 241 g/mol. The number of hydrogen-bond acceptors (Lipinski definition) is 2. The molecule has 3 heteroatoms. The molecule has 0 radical (unpaired) electrons. The number of carbonyl (C=O) groups is 1. The zero-order chi connectivity index (χ0) is 13.1. The van der Waals surface area contributed by atoms with E-state index in [0.29, 0.717) is 18.1 Å². The van der Waals surface area contributed by atoms with Crippen LogP contribution in [0.4, 0.5) is 0 Å². The third kappa shape index (κ3) is 4.30. The minimum Gasteiger partial charge on any atom is -0.384 e. The Labute approximate surface area is 105 Å². The smallest absolute Gasteiger partial charge is 0.228 e. The summed E-state index contributed by atoms with van der Waals surface area (Å²) in [5.41, 5.74) is 0.0188. The average Bonchev–Trinajstić information content (AvgIpc) is 2.21. The van der Waals surface area contributed by atoms with Crippen molar-refractivity contribution in [3.63, 3.8) is 0 Å². The Bertz CT molecular complexity index is 261. The molecule has 0 aromatic heterocycles. The van der Waals surface area contributed by atoms with Crippen molar-refractivity contribution in [2.45, 2.75) is 59.4 Å². The van der Waals surface area contributed by atoms with Crippen LogP contribution in [0.3, 0.4) is 0 Å². The van der Waals surface area contributed by atoms with Gasteiger partial charge in [0, 0.05) is 13.2 Å². The van der Waals surface area contributed by atoms with Crippen molar-refractivity contribution in [3.8, 4) is 0 Å². The maximum Gasteiger partial charge on any atom is 0.228 e. The molecule has 1 aliphatic carbocycles. The highest BCUT2D eigenvalue weighted by Crippen LogP contribution is 2.35. The van der Waals surface area contributed by atoms with Crippen LogP contribution in [0.25, 0.3) is 0 Å². The maximum absolute atomic E-state index is 12.1. The summed E-state index contributed by atoms with van der Waals surface area (Å²) in [6, 6.07) is 0.353. The van der Waals surface area contributed by atoms with Crippen LogP contribution in [-0.4, -0.2) is 25.7 Å². The van der Waals surface area contributed by atoms with Gasteiger partial charge in [0.2, 0.25) is 5.91 Å². The number of ether oxygens (including phenoxy) is 1. The fourth-order valence-corrected chi connectivity index (χ4v) is 2.35. The first-order valence-corrected chi connectivity index (χ1v) is 6.57. The predicted molar refractivity (Wildman–Crippen MR) is 69.8 cm³/mol. The second kappa shape index (κ2) is 5.38. The van der Waals surface area contributed by atoms with Crippen LogP contribution in [-0.2, 0) is 9.53 Å². The molecule has 0 bridgehead atoms. The Morgan fingerprint density at radius 2 is 1.88 bits per heavy atom. The van der Waals surface area contributed by atoms with Gasteiger partial charge in [-0.15, -0.1) is 0 Å². The molecule has 0 aromatic rings. The van der Waals surface area contributed by atoms with Gasteiger partial charge >= 0.3 is 0 Å². The summed E-state index contributed by atoms with van der Waals surface area (Å²) >= 11 is 0. The minimum atomic E-state index is -0.429. The van der Waals surface area contributed by atoms with E-state index in [1.807, 2.05) is 13.8 Å². The highest BCUT2D eigenvalue weighted by molar-refractivity contribution is 5.82. The van der Waals surface area contributed by atoms with Crippen molar-refractivity contribution in [2.75, 3.05) is 13.7 Å². The number of methoxy groups -OCH3 is 1. The lowest BCUT2D eigenvalue weighted by molar-refractivity contribution is -0.133. The molecule has 0 spiro atoms. The average molecular weight is 241 g/mol. The van der Waals surface area contributed by atoms with Crippen molar-refractivity contribution in [2.24, 2.45) is 10.8 Å². The largest absolute Gasteiger partial charge is 0.384 e. The van der Waals surface area contributed by atoms with Crippen molar-refractivity contribution in [1.29, 1.82) is 0 Å². The van der Waals surface area contributed by atoms with Crippen molar-refractivity contribution >= 4 is 5.91 Å². The van der Waals surface area contributed by atoms with E-state index in [2.05, 4.69) is 19.2 Å². The van der Waals surface area contributed by atoms with Crippen molar-refractivity contribution in [3.05, 3.63) is 0 Å². The van der Waals surface area contributed by atoms with E-state index in [1.165, 1.54) is 12.8 Å². The Kier molecular flexibility index (Phi) is 4.59. The molecule has 17 heavy (non-hydrogen) atoms. The summed E-state index contributed by atoms with van der Waals surface area (Å²) in [6.07, 6.45) is 4.59. The molecule has 0 unspecified atom stereocenters. The first kappa shape index (κ1) is 14.5. The zero-order valence-corrected chi connectivity index (χ0v) is 11.9. The Morgan fingerprint density at radius 3 is 2.35 bits per heavy atom. The van der Waals surface area contributed by atoms with Crippen LogP contribution in [0.1, 0.15) is 53.4 Å². The molecule has 0 heterocycles. The molecule has 1 N–H and O–H groups in total. The molecule has 3 nitrogen and oxygen atoms in total. The maximum atomic E-state index is 12.1. The summed E-state index contributed by atoms with van der Waals surface area (Å²) in [4.78, 5) is 12.1. The van der Waals surface area contributed by atoms with E-state index in [9.17, 15) is 4.79 Å². The van der Waals surface area contributed by atoms with E-state index in [0.717, 1.165) is 12.8 Å². The third-order valence-corrected chi connectivity index (χ3v) is 3.79. The second-order valence-corrected chi connectivity index (χ2v) is 6.73. The fourth-order valence-electron chi connectivity index (χ4n) is 2.35. The highest BCUT2D eigenvalue weighted by Gasteiger charge is 2.32. The molecule has 1 aliphatic rings. The van der Waals surface area contributed by atoms with E-state index in [4.69, 9.17) is 4.74 Å². The van der Waals surface area contributed by atoms with Crippen LogP contribution >= 0.6 is 0 Å². The molecule has 1 saturated carbocycles. The van der Waals surface area contributed by atoms with Gasteiger partial charge in [0.1, 0.15) is 0 Å². The highest BCUT2D eigenvalue weighted by atomic mass is 16.5. The summed E-state index contributed by atoms with van der Waals surface area (Å²) in [5.74, 6) is 0.115. The van der Waals surface area contributed by atoms with Crippen molar-refractivity contribution in [1.82, 2.24) is 5.32 Å². The van der Waals surface area contributed by atoms with Crippen LogP contribution < -0.4 is 5.32 Å². The molecule has 0 atom stereocenters. The van der Waals surface area contributed by atoms with Gasteiger partial charge in [-0.05, 0) is 44.9 Å². The summed E-state index contributed by atoms with van der Waals surface area (Å²) in [6.45, 7) is 8.94. The minimum absolute atomic E-state index is 0.115. The van der Waals surface area contributed by atoms with Gasteiger partial charge in [-0.2, -0.15) is 0 Å². The molecule has 100 valence electrons. The Balaban J connectivity index is 2.43. The van der Waals surface area contributed by atoms with Gasteiger partial charge in [0.15, 0.2) is 0 Å². The van der Waals surface area contributed by atoms with E-state index in [-0.39, 0.29) is 5.91 Å². The number of amides is 1. The number of carbonyl (C=O) groups excluding carboxylic acids is 1. The standard InChI is InChI=1S/C14H27NO2/c1-13(2)8-6-11(7-9-13)15-12(16)14(3,4)10-17-5/h11H,6-10H2,1-5H3,(H,15,16). The number of hydrogen-bond donors (Lipinski definition) is 1. The molecule has 1 fully saturated rings. The molecular weight excluding hydrogens is 214 g/mol. The number of rotatable bonds is 4. The predicted octanol–water partition coefficient (Wildman–Crippen LogP) is 2.74. The molecule has 0 aliphatic heterocycles.